The molecule has 0 saturated carbocycles. The fourth-order valence-electron chi connectivity index (χ4n) is 2.22. The van der Waals surface area contributed by atoms with Crippen molar-refractivity contribution in [2.24, 2.45) is 0 Å². The van der Waals surface area contributed by atoms with E-state index in [-0.39, 0.29) is 30.4 Å². The molecule has 2 rings (SSSR count). The maximum absolute atomic E-state index is 12.0. The molecule has 3 unspecified atom stereocenters. The minimum Gasteiger partial charge on any atom is -0.497 e. The van der Waals surface area contributed by atoms with Gasteiger partial charge in [0.1, 0.15) is 5.75 Å². The third-order valence-electron chi connectivity index (χ3n) is 3.38. The molecule has 1 aliphatic heterocycles. The predicted octanol–water partition coefficient (Wildman–Crippen LogP) is 1.02. The van der Waals surface area contributed by atoms with E-state index < -0.39 is 6.10 Å². The van der Waals surface area contributed by atoms with Gasteiger partial charge in [0.15, 0.2) is 0 Å². The van der Waals surface area contributed by atoms with Crippen LogP contribution in [0, 0.1) is 0 Å². The number of aliphatic hydroxyl groups excluding tert-OH is 1. The fourth-order valence-corrected chi connectivity index (χ4v) is 2.22. The van der Waals surface area contributed by atoms with Crippen LogP contribution >= 0.6 is 12.4 Å². The van der Waals surface area contributed by atoms with Gasteiger partial charge in [-0.25, -0.2) is 0 Å². The van der Waals surface area contributed by atoms with Crippen molar-refractivity contribution in [1.82, 2.24) is 10.6 Å². The summed E-state index contributed by atoms with van der Waals surface area (Å²) >= 11 is 0. The zero-order valence-electron chi connectivity index (χ0n) is 11.6. The summed E-state index contributed by atoms with van der Waals surface area (Å²) in [6.07, 6.45) is 0.0410. The molecule has 0 aliphatic carbocycles. The summed E-state index contributed by atoms with van der Waals surface area (Å²) < 4.78 is 5.17. The van der Waals surface area contributed by atoms with Crippen molar-refractivity contribution >= 4 is 18.3 Å². The van der Waals surface area contributed by atoms with Crippen molar-refractivity contribution in [2.45, 2.75) is 31.5 Å². The lowest BCUT2D eigenvalue weighted by Crippen LogP contribution is -2.41. The molecule has 3 atom stereocenters. The molecule has 1 aromatic carbocycles. The normalized spacial score (nSPS) is 22.8. The summed E-state index contributed by atoms with van der Waals surface area (Å²) in [7, 11) is 1.62. The molecule has 5 nitrogen and oxygen atoms in total. The smallest absolute Gasteiger partial charge is 0.237 e. The number of carbonyl (C=O) groups excluding carboxylic acids is 1. The van der Waals surface area contributed by atoms with Crippen LogP contribution in [0.25, 0.3) is 0 Å². The highest BCUT2D eigenvalue weighted by Crippen LogP contribution is 2.19. The molecule has 0 bridgehead atoms. The summed E-state index contributed by atoms with van der Waals surface area (Å²) in [5, 5.41) is 15.3. The molecule has 1 aromatic rings. The van der Waals surface area contributed by atoms with Crippen LogP contribution < -0.4 is 15.4 Å². The predicted molar refractivity (Wildman–Crippen MR) is 79.2 cm³/mol. The summed E-state index contributed by atoms with van der Waals surface area (Å²) in [5.41, 5.74) is 0.992. The second-order valence-electron chi connectivity index (χ2n) is 4.86. The van der Waals surface area contributed by atoms with Crippen LogP contribution in [0.1, 0.15) is 24.9 Å². The number of carbonyl (C=O) groups is 1. The molecule has 1 heterocycles. The first-order valence-corrected chi connectivity index (χ1v) is 6.46. The Labute approximate surface area is 125 Å². The Balaban J connectivity index is 0.00000200. The van der Waals surface area contributed by atoms with Crippen LogP contribution in [-0.2, 0) is 4.79 Å². The van der Waals surface area contributed by atoms with Crippen LogP contribution in [0.3, 0.4) is 0 Å². The lowest BCUT2D eigenvalue weighted by Gasteiger charge is -2.18. The summed E-state index contributed by atoms with van der Waals surface area (Å²) in [5.74, 6) is 0.694. The van der Waals surface area contributed by atoms with Gasteiger partial charge >= 0.3 is 0 Å². The van der Waals surface area contributed by atoms with Gasteiger partial charge in [-0.1, -0.05) is 12.1 Å². The number of β-amino-alcohol motifs (C(OH)–C–C–N with tert-alkyl or cyclic N) is 1. The topological polar surface area (TPSA) is 70.6 Å². The minimum absolute atomic E-state index is 0. The number of amides is 1. The largest absolute Gasteiger partial charge is 0.497 e. The molecule has 3 N–H and O–H groups in total. The number of hydrogen-bond acceptors (Lipinski definition) is 4. The molecule has 112 valence electrons. The third-order valence-corrected chi connectivity index (χ3v) is 3.38. The summed E-state index contributed by atoms with van der Waals surface area (Å²) in [4.78, 5) is 12.0. The minimum atomic E-state index is -0.428. The Bertz CT molecular complexity index is 456. The van der Waals surface area contributed by atoms with Crippen molar-refractivity contribution in [3.8, 4) is 5.75 Å². The van der Waals surface area contributed by atoms with E-state index in [1.54, 1.807) is 7.11 Å². The Morgan fingerprint density at radius 3 is 2.90 bits per heavy atom. The highest BCUT2D eigenvalue weighted by atomic mass is 35.5. The van der Waals surface area contributed by atoms with Gasteiger partial charge < -0.3 is 20.5 Å². The molecule has 0 spiro atoms. The van der Waals surface area contributed by atoms with Gasteiger partial charge in [0.05, 0.1) is 25.3 Å². The molecule has 6 heteroatoms. The van der Waals surface area contributed by atoms with Crippen LogP contribution in [0.2, 0.25) is 0 Å². The second-order valence-corrected chi connectivity index (χ2v) is 4.86. The average molecular weight is 301 g/mol. The number of halogens is 1. The van der Waals surface area contributed by atoms with Crippen LogP contribution in [0.15, 0.2) is 24.3 Å². The van der Waals surface area contributed by atoms with Crippen LogP contribution in [-0.4, -0.2) is 36.8 Å². The number of hydrogen-bond donors (Lipinski definition) is 3. The van der Waals surface area contributed by atoms with Crippen LogP contribution in [0.4, 0.5) is 0 Å². The maximum atomic E-state index is 12.0. The second kappa shape index (κ2) is 7.47. The maximum Gasteiger partial charge on any atom is 0.237 e. The Hall–Kier alpha value is -1.30. The van der Waals surface area contributed by atoms with Crippen molar-refractivity contribution in [2.75, 3.05) is 13.7 Å². The Morgan fingerprint density at radius 1 is 1.55 bits per heavy atom. The number of aliphatic hydroxyl groups is 1. The van der Waals surface area contributed by atoms with E-state index in [0.717, 1.165) is 11.3 Å². The first-order chi connectivity index (χ1) is 9.10. The van der Waals surface area contributed by atoms with Gasteiger partial charge in [0.2, 0.25) is 5.91 Å². The van der Waals surface area contributed by atoms with E-state index in [2.05, 4.69) is 10.6 Å². The van der Waals surface area contributed by atoms with Crippen LogP contribution in [0.5, 0.6) is 5.75 Å². The molecule has 20 heavy (non-hydrogen) atoms. The first kappa shape index (κ1) is 16.8. The SMILES string of the molecule is COc1cccc(C(C)NC(=O)C2CC(O)CN2)c1.Cl. The molecule has 1 fully saturated rings. The Kier molecular flexibility index (Phi) is 6.26. The van der Waals surface area contributed by atoms with E-state index in [1.807, 2.05) is 31.2 Å². The average Bonchev–Trinajstić information content (AvgIpc) is 2.85. The summed E-state index contributed by atoms with van der Waals surface area (Å²) in [6.45, 7) is 2.41. The molecule has 1 amide bonds. The number of nitrogens with one attached hydrogen (secondary N) is 2. The number of benzene rings is 1. The zero-order chi connectivity index (χ0) is 13.8. The van der Waals surface area contributed by atoms with E-state index in [4.69, 9.17) is 4.74 Å². The van der Waals surface area contributed by atoms with E-state index in [1.165, 1.54) is 0 Å². The molecule has 0 aromatic heterocycles. The first-order valence-electron chi connectivity index (χ1n) is 6.46. The number of ether oxygens (including phenoxy) is 1. The highest BCUT2D eigenvalue weighted by Gasteiger charge is 2.28. The molecule has 1 saturated heterocycles. The van der Waals surface area contributed by atoms with Gasteiger partial charge in [-0.2, -0.15) is 0 Å². The van der Waals surface area contributed by atoms with E-state index in [9.17, 15) is 9.90 Å². The van der Waals surface area contributed by atoms with Gasteiger partial charge in [-0.05, 0) is 31.0 Å². The van der Waals surface area contributed by atoms with Gasteiger partial charge in [-0.3, -0.25) is 4.79 Å². The van der Waals surface area contributed by atoms with Crippen molar-refractivity contribution in [3.63, 3.8) is 0 Å². The van der Waals surface area contributed by atoms with E-state index >= 15 is 0 Å². The van der Waals surface area contributed by atoms with Crippen molar-refractivity contribution in [3.05, 3.63) is 29.8 Å². The molecular weight excluding hydrogens is 280 g/mol. The molecular formula is C14H21ClN2O3. The third kappa shape index (κ3) is 4.10. The van der Waals surface area contributed by atoms with Gasteiger partial charge in [-0.15, -0.1) is 12.4 Å². The number of rotatable bonds is 4. The van der Waals surface area contributed by atoms with Crippen molar-refractivity contribution < 1.29 is 14.6 Å². The highest BCUT2D eigenvalue weighted by molar-refractivity contribution is 5.85. The number of methoxy groups -OCH3 is 1. The lowest BCUT2D eigenvalue weighted by atomic mass is 10.1. The van der Waals surface area contributed by atoms with E-state index in [0.29, 0.717) is 13.0 Å². The lowest BCUT2D eigenvalue weighted by molar-refractivity contribution is -0.123. The molecule has 1 aliphatic rings. The standard InChI is InChI=1S/C14H20N2O3.ClH/c1-9(10-4-3-5-12(6-10)19-2)16-14(18)13-7-11(17)8-15-13;/h3-6,9,11,13,15,17H,7-8H2,1-2H3,(H,16,18);1H. The fraction of sp³-hybridized carbons (Fsp3) is 0.500. The van der Waals surface area contributed by atoms with Gasteiger partial charge in [0.25, 0.3) is 0 Å². The summed E-state index contributed by atoms with van der Waals surface area (Å²) in [6, 6.07) is 7.22. The monoisotopic (exact) mass is 300 g/mol. The van der Waals surface area contributed by atoms with Gasteiger partial charge in [0, 0.05) is 6.54 Å². The Morgan fingerprint density at radius 2 is 2.30 bits per heavy atom. The zero-order valence-corrected chi connectivity index (χ0v) is 12.4. The molecule has 0 radical (unpaired) electrons. The quantitative estimate of drug-likeness (QED) is 0.776. The van der Waals surface area contributed by atoms with Crippen molar-refractivity contribution in [1.29, 1.82) is 0 Å².